The van der Waals surface area contributed by atoms with Crippen molar-refractivity contribution in [3.63, 3.8) is 0 Å². The number of aromatic nitrogens is 5. The molecule has 11 heteroatoms. The molecule has 0 saturated heterocycles. The van der Waals surface area contributed by atoms with Gasteiger partial charge in [-0.25, -0.2) is 9.67 Å². The van der Waals surface area contributed by atoms with Gasteiger partial charge in [-0.1, -0.05) is 26.3 Å². The third kappa shape index (κ3) is 3.73. The molecule has 1 N–H and O–H groups in total. The Kier molecular flexibility index (Phi) is 4.82. The molecule has 0 aliphatic carbocycles. The number of pyridine rings is 1. The normalized spacial score (nSPS) is 12.3. The summed E-state index contributed by atoms with van der Waals surface area (Å²) in [7, 11) is 0. The van der Waals surface area contributed by atoms with Crippen molar-refractivity contribution >= 4 is 33.2 Å². The van der Waals surface area contributed by atoms with Gasteiger partial charge in [0.2, 0.25) is 0 Å². The summed E-state index contributed by atoms with van der Waals surface area (Å²) in [5.74, 6) is 0. The molecule has 0 saturated carbocycles. The number of halogens is 4. The van der Waals surface area contributed by atoms with Gasteiger partial charge in [0.05, 0.1) is 30.2 Å². The van der Waals surface area contributed by atoms with Crippen LogP contribution in [0.25, 0.3) is 16.7 Å². The lowest BCUT2D eigenvalue weighted by Gasteiger charge is -2.10. The molecule has 0 amide bonds. The fourth-order valence-corrected chi connectivity index (χ4v) is 3.45. The fourth-order valence-electron chi connectivity index (χ4n) is 2.98. The van der Waals surface area contributed by atoms with E-state index in [1.807, 2.05) is 6.07 Å². The number of nitrogens with zero attached hydrogens (tertiary/aromatic N) is 6. The van der Waals surface area contributed by atoms with E-state index in [0.717, 1.165) is 11.5 Å². The SMILES string of the molecule is O/N=C/c1cn(Cc2cn(-c3ccc(Br)c(C(F)(F)F)c3)nn2)c2ncccc12. The average molecular weight is 465 g/mol. The van der Waals surface area contributed by atoms with Crippen LogP contribution in [0.2, 0.25) is 0 Å². The molecule has 0 aliphatic rings. The van der Waals surface area contributed by atoms with Crippen LogP contribution in [0, 0.1) is 0 Å². The van der Waals surface area contributed by atoms with Crippen LogP contribution in [0.5, 0.6) is 0 Å². The Balaban J connectivity index is 1.67. The summed E-state index contributed by atoms with van der Waals surface area (Å²) < 4.78 is 42.4. The lowest BCUT2D eigenvalue weighted by molar-refractivity contribution is -0.138. The number of hydrogen-bond donors (Lipinski definition) is 1. The maximum absolute atomic E-state index is 13.1. The highest BCUT2D eigenvalue weighted by Crippen LogP contribution is 2.35. The number of alkyl halides is 3. The molecule has 148 valence electrons. The van der Waals surface area contributed by atoms with E-state index in [4.69, 9.17) is 5.21 Å². The number of hydrogen-bond acceptors (Lipinski definition) is 5. The minimum atomic E-state index is -4.49. The summed E-state index contributed by atoms with van der Waals surface area (Å²) in [4.78, 5) is 4.33. The Morgan fingerprint density at radius 1 is 1.21 bits per heavy atom. The summed E-state index contributed by atoms with van der Waals surface area (Å²) in [6, 6.07) is 7.45. The first kappa shape index (κ1) is 19.1. The molecular formula is C18H12BrF3N6O. The molecule has 0 unspecified atom stereocenters. The smallest absolute Gasteiger partial charge is 0.411 e. The predicted molar refractivity (Wildman–Crippen MR) is 102 cm³/mol. The second-order valence-electron chi connectivity index (χ2n) is 6.15. The van der Waals surface area contributed by atoms with Crippen molar-refractivity contribution in [1.82, 2.24) is 24.5 Å². The van der Waals surface area contributed by atoms with Crippen LogP contribution in [0.4, 0.5) is 13.2 Å². The third-order valence-electron chi connectivity index (χ3n) is 4.25. The summed E-state index contributed by atoms with van der Waals surface area (Å²) in [6.45, 7) is 0.287. The van der Waals surface area contributed by atoms with Crippen LogP contribution in [-0.2, 0) is 12.7 Å². The summed E-state index contributed by atoms with van der Waals surface area (Å²) >= 11 is 2.92. The van der Waals surface area contributed by atoms with Crippen LogP contribution < -0.4 is 0 Å². The van der Waals surface area contributed by atoms with Crippen molar-refractivity contribution in [3.8, 4) is 5.69 Å². The Labute approximate surface area is 170 Å². The number of oxime groups is 1. The van der Waals surface area contributed by atoms with Gasteiger partial charge in [-0.3, -0.25) is 0 Å². The lowest BCUT2D eigenvalue weighted by Crippen LogP contribution is -2.07. The molecule has 0 spiro atoms. The topological polar surface area (TPSA) is 81.1 Å². The first-order valence-corrected chi connectivity index (χ1v) is 9.06. The molecule has 0 bridgehead atoms. The molecule has 0 aliphatic heterocycles. The first-order valence-electron chi connectivity index (χ1n) is 8.26. The zero-order chi connectivity index (χ0) is 20.6. The fraction of sp³-hybridized carbons (Fsp3) is 0.111. The molecule has 4 rings (SSSR count). The summed E-state index contributed by atoms with van der Waals surface area (Å²) in [6.07, 6.45) is 1.75. The molecule has 7 nitrogen and oxygen atoms in total. The Morgan fingerprint density at radius 3 is 2.79 bits per heavy atom. The van der Waals surface area contributed by atoms with Crippen molar-refractivity contribution in [2.24, 2.45) is 5.16 Å². The predicted octanol–water partition coefficient (Wildman–Crippen LogP) is 4.25. The van der Waals surface area contributed by atoms with Crippen LogP contribution in [0.15, 0.2) is 58.6 Å². The van der Waals surface area contributed by atoms with Gasteiger partial charge in [-0.2, -0.15) is 13.2 Å². The van der Waals surface area contributed by atoms with Crippen molar-refractivity contribution < 1.29 is 18.4 Å². The van der Waals surface area contributed by atoms with E-state index in [0.29, 0.717) is 16.9 Å². The van der Waals surface area contributed by atoms with Crippen LogP contribution in [0.1, 0.15) is 16.8 Å². The van der Waals surface area contributed by atoms with Crippen LogP contribution >= 0.6 is 15.9 Å². The van der Waals surface area contributed by atoms with Gasteiger partial charge in [0, 0.05) is 27.8 Å². The third-order valence-corrected chi connectivity index (χ3v) is 4.95. The maximum atomic E-state index is 13.1. The van der Waals surface area contributed by atoms with Gasteiger partial charge in [0.15, 0.2) is 0 Å². The van der Waals surface area contributed by atoms with E-state index in [1.54, 1.807) is 29.2 Å². The van der Waals surface area contributed by atoms with E-state index in [1.165, 1.54) is 23.0 Å². The van der Waals surface area contributed by atoms with E-state index in [9.17, 15) is 13.2 Å². The molecule has 0 fully saturated rings. The number of rotatable bonds is 4. The lowest BCUT2D eigenvalue weighted by atomic mass is 10.2. The summed E-state index contributed by atoms with van der Waals surface area (Å²) in [5.41, 5.74) is 1.30. The minimum Gasteiger partial charge on any atom is -0.411 e. The molecule has 4 aromatic rings. The Bertz CT molecular complexity index is 1210. The first-order chi connectivity index (χ1) is 13.9. The van der Waals surface area contributed by atoms with Gasteiger partial charge in [0.25, 0.3) is 0 Å². The zero-order valence-corrected chi connectivity index (χ0v) is 16.1. The molecule has 1 aromatic carbocycles. The monoisotopic (exact) mass is 464 g/mol. The maximum Gasteiger partial charge on any atom is 0.417 e. The van der Waals surface area contributed by atoms with E-state index in [2.05, 4.69) is 36.4 Å². The van der Waals surface area contributed by atoms with Gasteiger partial charge in [0.1, 0.15) is 11.3 Å². The van der Waals surface area contributed by atoms with Crippen molar-refractivity contribution in [2.45, 2.75) is 12.7 Å². The van der Waals surface area contributed by atoms with E-state index < -0.39 is 11.7 Å². The van der Waals surface area contributed by atoms with E-state index in [-0.39, 0.29) is 16.7 Å². The highest BCUT2D eigenvalue weighted by Gasteiger charge is 2.33. The minimum absolute atomic E-state index is 0.0444. The van der Waals surface area contributed by atoms with Crippen molar-refractivity contribution in [1.29, 1.82) is 0 Å². The highest BCUT2D eigenvalue weighted by atomic mass is 79.9. The van der Waals surface area contributed by atoms with Gasteiger partial charge in [-0.05, 0) is 30.3 Å². The second kappa shape index (κ2) is 7.32. The molecule has 3 aromatic heterocycles. The molecule has 3 heterocycles. The quantitative estimate of drug-likeness (QED) is 0.278. The summed E-state index contributed by atoms with van der Waals surface area (Å²) in [5, 5.41) is 20.7. The van der Waals surface area contributed by atoms with Gasteiger partial charge >= 0.3 is 6.18 Å². The molecule has 0 radical (unpaired) electrons. The van der Waals surface area contributed by atoms with Gasteiger partial charge in [-0.15, -0.1) is 5.10 Å². The zero-order valence-electron chi connectivity index (χ0n) is 14.5. The second-order valence-corrected chi connectivity index (χ2v) is 7.00. The molecule has 0 atom stereocenters. The van der Waals surface area contributed by atoms with Crippen LogP contribution in [-0.4, -0.2) is 36.0 Å². The largest absolute Gasteiger partial charge is 0.417 e. The van der Waals surface area contributed by atoms with Gasteiger partial charge < -0.3 is 9.77 Å². The van der Waals surface area contributed by atoms with Crippen molar-refractivity contribution in [2.75, 3.05) is 0 Å². The number of fused-ring (bicyclic) bond motifs is 1. The van der Waals surface area contributed by atoms with Crippen molar-refractivity contribution in [3.05, 3.63) is 70.2 Å². The Morgan fingerprint density at radius 2 is 2.03 bits per heavy atom. The highest BCUT2D eigenvalue weighted by molar-refractivity contribution is 9.10. The van der Waals surface area contributed by atoms with E-state index >= 15 is 0 Å². The van der Waals surface area contributed by atoms with Crippen LogP contribution in [0.3, 0.4) is 0 Å². The number of benzene rings is 1. The molecule has 29 heavy (non-hydrogen) atoms. The average Bonchev–Trinajstić information content (AvgIpc) is 3.28. The standard InChI is InChI=1S/C18H12BrF3N6O/c19-16-4-3-13(6-15(16)18(20,21)22)28-10-12(25-26-28)9-27-8-11(7-24-29)14-2-1-5-23-17(14)27/h1-8,10,29H,9H2/b24-7+. The Hall–Kier alpha value is -3.21. The molecular weight excluding hydrogens is 453 g/mol.